The number of hydrogen-bond acceptors (Lipinski definition) is 6. The smallest absolute Gasteiger partial charge is 0.263 e. The molecule has 0 aliphatic carbocycles. The van der Waals surface area contributed by atoms with E-state index in [0.717, 1.165) is 5.82 Å². The summed E-state index contributed by atoms with van der Waals surface area (Å²) in [6.45, 7) is 8.94. The van der Waals surface area contributed by atoms with E-state index in [-0.39, 0.29) is 11.7 Å². The first-order chi connectivity index (χ1) is 13.9. The average Bonchev–Trinajstić information content (AvgIpc) is 2.73. The van der Waals surface area contributed by atoms with E-state index >= 15 is 0 Å². The fourth-order valence-corrected chi connectivity index (χ4v) is 3.01. The predicted molar refractivity (Wildman–Crippen MR) is 108 cm³/mol. The zero-order chi connectivity index (χ0) is 20.8. The number of amides is 1. The lowest BCUT2D eigenvalue weighted by Crippen LogP contribution is -2.52. The fraction of sp³-hybridized carbons (Fsp3) is 0.476. The van der Waals surface area contributed by atoms with Gasteiger partial charge >= 0.3 is 0 Å². The highest BCUT2D eigenvalue weighted by Crippen LogP contribution is 2.19. The molecule has 0 radical (unpaired) electrons. The molecule has 0 N–H and O–H groups in total. The summed E-state index contributed by atoms with van der Waals surface area (Å²) >= 11 is 0. The number of benzene rings is 1. The third kappa shape index (κ3) is 5.79. The second kappa shape index (κ2) is 9.54. The number of aromatic nitrogens is 2. The van der Waals surface area contributed by atoms with E-state index in [1.165, 1.54) is 30.6 Å². The van der Waals surface area contributed by atoms with Gasteiger partial charge in [-0.3, -0.25) is 4.79 Å². The number of halogens is 1. The van der Waals surface area contributed by atoms with Crippen molar-refractivity contribution in [3.05, 3.63) is 42.5 Å². The maximum absolute atomic E-state index is 13.0. The molecule has 1 aliphatic rings. The zero-order valence-electron chi connectivity index (χ0n) is 17.0. The second-order valence-electron chi connectivity index (χ2n) is 7.45. The molecule has 7 nitrogen and oxygen atoms in total. The number of hydrogen-bond donors (Lipinski definition) is 0. The monoisotopic (exact) mass is 402 g/mol. The Morgan fingerprint density at radius 3 is 2.45 bits per heavy atom. The van der Waals surface area contributed by atoms with Crippen molar-refractivity contribution in [1.29, 1.82) is 0 Å². The van der Waals surface area contributed by atoms with Crippen LogP contribution in [0.3, 0.4) is 0 Å². The first kappa shape index (κ1) is 20.8. The molecule has 3 rings (SSSR count). The molecule has 156 valence electrons. The summed E-state index contributed by atoms with van der Waals surface area (Å²) in [7, 11) is 0. The van der Waals surface area contributed by atoms with Crippen molar-refractivity contribution in [2.45, 2.75) is 26.9 Å². The Morgan fingerprint density at radius 2 is 1.79 bits per heavy atom. The molecule has 8 heteroatoms. The van der Waals surface area contributed by atoms with E-state index in [0.29, 0.717) is 50.3 Å². The lowest BCUT2D eigenvalue weighted by atomic mass is 10.2. The minimum absolute atomic E-state index is 0.0855. The van der Waals surface area contributed by atoms with Gasteiger partial charge in [0.25, 0.3) is 5.91 Å². The summed E-state index contributed by atoms with van der Waals surface area (Å²) in [6, 6.07) is 7.49. The molecule has 1 aromatic carbocycles. The molecule has 1 saturated heterocycles. The molecule has 2 heterocycles. The first-order valence-corrected chi connectivity index (χ1v) is 9.83. The summed E-state index contributed by atoms with van der Waals surface area (Å²) < 4.78 is 24.3. The Hall–Kier alpha value is -2.90. The molecule has 0 saturated carbocycles. The molecule has 0 bridgehead atoms. The van der Waals surface area contributed by atoms with Crippen LogP contribution in [-0.4, -0.2) is 59.7 Å². The van der Waals surface area contributed by atoms with Gasteiger partial charge in [0.1, 0.15) is 23.7 Å². The summed E-state index contributed by atoms with van der Waals surface area (Å²) in [6.07, 6.45) is 0.864. The Morgan fingerprint density at radius 1 is 1.10 bits per heavy atom. The summed E-state index contributed by atoms with van der Waals surface area (Å²) in [5.74, 6) is 1.82. The number of nitrogens with zero attached hydrogens (tertiary/aromatic N) is 4. The lowest BCUT2D eigenvalue weighted by Gasteiger charge is -2.36. The molecule has 1 fully saturated rings. The number of piperazine rings is 1. The van der Waals surface area contributed by atoms with Crippen LogP contribution in [0.2, 0.25) is 0 Å². The number of carbonyl (C=O) groups excluding carboxylic acids is 1. The van der Waals surface area contributed by atoms with Crippen LogP contribution in [0, 0.1) is 11.7 Å². The van der Waals surface area contributed by atoms with E-state index in [9.17, 15) is 9.18 Å². The number of ether oxygens (including phenoxy) is 2. The fourth-order valence-electron chi connectivity index (χ4n) is 3.01. The highest BCUT2D eigenvalue weighted by molar-refractivity contribution is 5.81. The van der Waals surface area contributed by atoms with Crippen molar-refractivity contribution in [1.82, 2.24) is 14.9 Å². The van der Waals surface area contributed by atoms with Crippen molar-refractivity contribution in [3.63, 3.8) is 0 Å². The van der Waals surface area contributed by atoms with Crippen LogP contribution in [0.1, 0.15) is 20.8 Å². The highest BCUT2D eigenvalue weighted by Gasteiger charge is 2.26. The first-order valence-electron chi connectivity index (χ1n) is 9.83. The molecule has 1 amide bonds. The predicted octanol–water partition coefficient (Wildman–Crippen LogP) is 2.77. The standard InChI is InChI=1S/C21H27FN4O3/c1-15(2)13-28-20-12-19(23-14-24-20)25-8-10-26(11-9-25)21(27)16(3)29-18-6-4-17(22)5-7-18/h4-7,12,14-16H,8-11,13H2,1-3H3/t16-/m1/s1. The van der Waals surface area contributed by atoms with Gasteiger partial charge in [-0.1, -0.05) is 13.8 Å². The third-order valence-corrected chi connectivity index (χ3v) is 4.58. The van der Waals surface area contributed by atoms with Gasteiger partial charge in [0.2, 0.25) is 5.88 Å². The van der Waals surface area contributed by atoms with Crippen LogP contribution in [0.5, 0.6) is 11.6 Å². The van der Waals surface area contributed by atoms with Gasteiger partial charge in [0.15, 0.2) is 6.10 Å². The van der Waals surface area contributed by atoms with Crippen molar-refractivity contribution in [3.8, 4) is 11.6 Å². The largest absolute Gasteiger partial charge is 0.481 e. The summed E-state index contributed by atoms with van der Waals surface area (Å²) in [4.78, 5) is 25.1. The molecule has 2 aromatic rings. The molecule has 0 unspecified atom stereocenters. The molecule has 29 heavy (non-hydrogen) atoms. The Balaban J connectivity index is 1.52. The SMILES string of the molecule is CC(C)COc1cc(N2CCN(C(=O)[C@@H](C)Oc3ccc(F)cc3)CC2)ncn1. The van der Waals surface area contributed by atoms with Crippen LogP contribution in [0.15, 0.2) is 36.7 Å². The molecular weight excluding hydrogens is 375 g/mol. The third-order valence-electron chi connectivity index (χ3n) is 4.58. The molecule has 0 spiro atoms. The maximum atomic E-state index is 13.0. The molecular formula is C21H27FN4O3. The van der Waals surface area contributed by atoms with Crippen LogP contribution < -0.4 is 14.4 Å². The normalized spacial score (nSPS) is 15.3. The lowest BCUT2D eigenvalue weighted by molar-refractivity contribution is -0.138. The minimum atomic E-state index is -0.637. The number of anilines is 1. The zero-order valence-corrected chi connectivity index (χ0v) is 17.0. The van der Waals surface area contributed by atoms with E-state index in [1.54, 1.807) is 11.8 Å². The topological polar surface area (TPSA) is 67.8 Å². The van der Waals surface area contributed by atoms with Crippen LogP contribution >= 0.6 is 0 Å². The van der Waals surface area contributed by atoms with Crippen molar-refractivity contribution in [2.75, 3.05) is 37.7 Å². The van der Waals surface area contributed by atoms with Gasteiger partial charge in [-0.2, -0.15) is 0 Å². The van der Waals surface area contributed by atoms with Gasteiger partial charge < -0.3 is 19.3 Å². The van der Waals surface area contributed by atoms with E-state index < -0.39 is 6.10 Å². The van der Waals surface area contributed by atoms with Crippen LogP contribution in [0.25, 0.3) is 0 Å². The van der Waals surface area contributed by atoms with Gasteiger partial charge in [-0.05, 0) is 37.1 Å². The van der Waals surface area contributed by atoms with Crippen LogP contribution in [-0.2, 0) is 4.79 Å². The Labute approximate surface area is 170 Å². The van der Waals surface area contributed by atoms with Gasteiger partial charge in [0, 0.05) is 32.2 Å². The van der Waals surface area contributed by atoms with E-state index in [2.05, 4.69) is 28.7 Å². The van der Waals surface area contributed by atoms with Gasteiger partial charge in [-0.15, -0.1) is 0 Å². The van der Waals surface area contributed by atoms with Crippen LogP contribution in [0.4, 0.5) is 10.2 Å². The highest BCUT2D eigenvalue weighted by atomic mass is 19.1. The molecule has 1 aliphatic heterocycles. The van der Waals surface area contributed by atoms with E-state index in [1.807, 2.05) is 6.07 Å². The second-order valence-corrected chi connectivity index (χ2v) is 7.45. The maximum Gasteiger partial charge on any atom is 0.263 e. The summed E-state index contributed by atoms with van der Waals surface area (Å²) in [5.41, 5.74) is 0. The molecule has 1 aromatic heterocycles. The molecule has 1 atom stereocenters. The average molecular weight is 402 g/mol. The Bertz CT molecular complexity index is 808. The minimum Gasteiger partial charge on any atom is -0.481 e. The van der Waals surface area contributed by atoms with Crippen molar-refractivity contribution >= 4 is 11.7 Å². The Kier molecular flexibility index (Phi) is 6.85. The quantitative estimate of drug-likeness (QED) is 0.710. The number of rotatable bonds is 7. The van der Waals surface area contributed by atoms with Crippen molar-refractivity contribution < 1.29 is 18.7 Å². The summed E-state index contributed by atoms with van der Waals surface area (Å²) in [5, 5.41) is 0. The van der Waals surface area contributed by atoms with E-state index in [4.69, 9.17) is 9.47 Å². The van der Waals surface area contributed by atoms with Gasteiger partial charge in [0.05, 0.1) is 6.61 Å². The number of carbonyl (C=O) groups is 1. The van der Waals surface area contributed by atoms with Gasteiger partial charge in [-0.25, -0.2) is 14.4 Å². The van der Waals surface area contributed by atoms with Crippen molar-refractivity contribution in [2.24, 2.45) is 5.92 Å².